The summed E-state index contributed by atoms with van der Waals surface area (Å²) in [4.78, 5) is 25.3. The molecule has 5 rings (SSSR count). The first kappa shape index (κ1) is 25.2. The lowest BCUT2D eigenvalue weighted by Crippen LogP contribution is -2.28. The molecule has 0 fully saturated rings. The first-order chi connectivity index (χ1) is 18.8. The molecule has 5 aromatic rings. The molecular formula is C27H21F2N9O. The number of nitrogens with two attached hydrogens (primary N) is 1. The highest BCUT2D eigenvalue weighted by Crippen LogP contribution is 2.29. The van der Waals surface area contributed by atoms with E-state index in [1.54, 1.807) is 31.2 Å². The molecule has 0 unspecified atom stereocenters. The minimum absolute atomic E-state index is 0.00772. The van der Waals surface area contributed by atoms with Gasteiger partial charge >= 0.3 is 0 Å². The number of halogens is 2. The van der Waals surface area contributed by atoms with Crippen LogP contribution in [0, 0.1) is 23.0 Å². The Morgan fingerprint density at radius 2 is 1.92 bits per heavy atom. The van der Waals surface area contributed by atoms with Crippen LogP contribution in [-0.2, 0) is 6.54 Å². The number of carbonyl (C=O) groups excluding carboxylic acids is 1. The van der Waals surface area contributed by atoms with Crippen molar-refractivity contribution in [3.63, 3.8) is 0 Å². The highest BCUT2D eigenvalue weighted by molar-refractivity contribution is 5.99. The number of nitriles is 1. The van der Waals surface area contributed by atoms with Crippen molar-refractivity contribution in [2.75, 3.05) is 11.1 Å². The zero-order valence-corrected chi connectivity index (χ0v) is 20.5. The van der Waals surface area contributed by atoms with Crippen LogP contribution in [0.25, 0.3) is 22.3 Å². The van der Waals surface area contributed by atoms with Gasteiger partial charge in [-0.05, 0) is 36.8 Å². The highest BCUT2D eigenvalue weighted by atomic mass is 19.1. The van der Waals surface area contributed by atoms with Crippen LogP contribution in [0.15, 0.2) is 61.1 Å². The maximum Gasteiger partial charge on any atom is 0.255 e. The van der Waals surface area contributed by atoms with Gasteiger partial charge in [-0.25, -0.2) is 23.7 Å². The maximum atomic E-state index is 15.1. The number of benzene rings is 2. The Bertz CT molecular complexity index is 1730. The Morgan fingerprint density at radius 3 is 2.67 bits per heavy atom. The van der Waals surface area contributed by atoms with Gasteiger partial charge in [-0.1, -0.05) is 24.3 Å². The fraction of sp³-hybridized carbons (Fsp3) is 0.111. The van der Waals surface area contributed by atoms with Crippen molar-refractivity contribution in [1.29, 1.82) is 5.26 Å². The first-order valence-electron chi connectivity index (χ1n) is 11.8. The van der Waals surface area contributed by atoms with Crippen LogP contribution in [0.2, 0.25) is 0 Å². The molecule has 0 spiro atoms. The summed E-state index contributed by atoms with van der Waals surface area (Å²) in [6, 6.07) is 13.3. The van der Waals surface area contributed by atoms with Crippen LogP contribution in [0.1, 0.15) is 40.0 Å². The minimum atomic E-state index is -0.511. The number of fused-ring (bicyclic) bond motifs is 1. The summed E-state index contributed by atoms with van der Waals surface area (Å²) in [6.45, 7) is 1.76. The number of hydrogen-bond donors (Lipinski definition) is 4. The Kier molecular flexibility index (Phi) is 6.79. The molecule has 0 radical (unpaired) electrons. The molecule has 2 aromatic carbocycles. The van der Waals surface area contributed by atoms with Crippen LogP contribution >= 0.6 is 0 Å². The fourth-order valence-corrected chi connectivity index (χ4v) is 4.06. The zero-order chi connectivity index (χ0) is 27.5. The lowest BCUT2D eigenvalue weighted by Gasteiger charge is -2.17. The van der Waals surface area contributed by atoms with E-state index < -0.39 is 17.8 Å². The number of carbonyl (C=O) groups is 1. The smallest absolute Gasteiger partial charge is 0.255 e. The van der Waals surface area contributed by atoms with Gasteiger partial charge in [-0.2, -0.15) is 10.4 Å². The van der Waals surface area contributed by atoms with E-state index in [1.807, 2.05) is 6.07 Å². The second-order valence-corrected chi connectivity index (χ2v) is 8.69. The van der Waals surface area contributed by atoms with Crippen LogP contribution in [0.5, 0.6) is 0 Å². The van der Waals surface area contributed by atoms with Crippen LogP contribution in [0.4, 0.5) is 20.4 Å². The number of nitrogens with zero attached hydrogens (tertiary/aromatic N) is 5. The van der Waals surface area contributed by atoms with E-state index in [1.165, 1.54) is 36.8 Å². The average Bonchev–Trinajstić information content (AvgIpc) is 3.38. The van der Waals surface area contributed by atoms with E-state index in [2.05, 4.69) is 35.8 Å². The quantitative estimate of drug-likeness (QED) is 0.245. The number of aromatic nitrogens is 5. The molecule has 194 valence electrons. The number of hydrogen-bond acceptors (Lipinski definition) is 8. The van der Waals surface area contributed by atoms with Gasteiger partial charge in [0.2, 0.25) is 0 Å². The molecule has 1 atom stereocenters. The Morgan fingerprint density at radius 1 is 1.13 bits per heavy atom. The summed E-state index contributed by atoms with van der Waals surface area (Å²) in [5.41, 5.74) is 8.63. The number of pyridine rings is 1. The monoisotopic (exact) mass is 525 g/mol. The van der Waals surface area contributed by atoms with Crippen molar-refractivity contribution in [2.45, 2.75) is 19.5 Å². The Balaban J connectivity index is 1.35. The van der Waals surface area contributed by atoms with Crippen LogP contribution in [0.3, 0.4) is 0 Å². The number of nitrogen functional groups attached to an aromatic ring is 1. The lowest BCUT2D eigenvalue weighted by atomic mass is 10.1. The van der Waals surface area contributed by atoms with Gasteiger partial charge in [0.1, 0.15) is 35.7 Å². The maximum absolute atomic E-state index is 15.1. The standard InChI is InChI=1S/C27H21F2N9O/c1-14(16-4-6-19(28)7-5-16)36-27(39)20-8-15(10-30)11-32-25(20)33-12-18-3-2-17(9-21(18)29)23-22-24(31)34-13-35-26(22)38-37-23/h2-9,11,13-14H,12H2,1H3,(H,32,33)(H,36,39)(H3,31,34,35,37,38)/t14-/m0/s1. The molecule has 10 nitrogen and oxygen atoms in total. The van der Waals surface area contributed by atoms with Crippen molar-refractivity contribution >= 4 is 28.6 Å². The number of rotatable bonds is 7. The molecule has 0 saturated carbocycles. The molecule has 5 N–H and O–H groups in total. The van der Waals surface area contributed by atoms with E-state index in [4.69, 9.17) is 5.73 Å². The molecule has 12 heteroatoms. The average molecular weight is 526 g/mol. The normalized spacial score (nSPS) is 11.6. The second-order valence-electron chi connectivity index (χ2n) is 8.69. The molecule has 0 aliphatic rings. The van der Waals surface area contributed by atoms with E-state index in [9.17, 15) is 14.4 Å². The number of H-pyrrole nitrogens is 1. The first-order valence-corrected chi connectivity index (χ1v) is 11.8. The molecule has 0 saturated heterocycles. The summed E-state index contributed by atoms with van der Waals surface area (Å²) in [5, 5.41) is 22.5. The molecular weight excluding hydrogens is 504 g/mol. The van der Waals surface area contributed by atoms with Crippen molar-refractivity contribution in [3.8, 4) is 17.3 Å². The highest BCUT2D eigenvalue weighted by Gasteiger charge is 2.18. The number of aromatic amines is 1. The summed E-state index contributed by atoms with van der Waals surface area (Å²) in [6.07, 6.45) is 2.62. The molecule has 1 amide bonds. The Labute approximate surface area is 220 Å². The third-order valence-electron chi connectivity index (χ3n) is 6.15. The number of nitrogens with one attached hydrogen (secondary N) is 3. The third-order valence-corrected chi connectivity index (χ3v) is 6.15. The Hall–Kier alpha value is -5.44. The van der Waals surface area contributed by atoms with Crippen LogP contribution in [-0.4, -0.2) is 31.1 Å². The van der Waals surface area contributed by atoms with E-state index in [-0.39, 0.29) is 35.1 Å². The number of anilines is 2. The van der Waals surface area contributed by atoms with Crippen molar-refractivity contribution in [3.05, 3.63) is 94.9 Å². The van der Waals surface area contributed by atoms with E-state index in [0.29, 0.717) is 33.4 Å². The van der Waals surface area contributed by atoms with Gasteiger partial charge in [-0.15, -0.1) is 0 Å². The largest absolute Gasteiger partial charge is 0.383 e. The topological polar surface area (TPSA) is 158 Å². The second kappa shape index (κ2) is 10.5. The van der Waals surface area contributed by atoms with Crippen LogP contribution < -0.4 is 16.4 Å². The SMILES string of the molecule is C[C@H](NC(=O)c1cc(C#N)cnc1NCc1ccc(-c2[nH]nc3ncnc(N)c23)cc1F)c1ccc(F)cc1. The summed E-state index contributed by atoms with van der Waals surface area (Å²) >= 11 is 0. The summed E-state index contributed by atoms with van der Waals surface area (Å²) < 4.78 is 28.4. The molecule has 0 aliphatic heterocycles. The van der Waals surface area contributed by atoms with Crippen molar-refractivity contribution in [2.24, 2.45) is 0 Å². The summed E-state index contributed by atoms with van der Waals surface area (Å²) in [5.74, 6) is -0.999. The van der Waals surface area contributed by atoms with Gasteiger partial charge in [0.25, 0.3) is 5.91 Å². The van der Waals surface area contributed by atoms with E-state index in [0.717, 1.165) is 0 Å². The molecule has 3 heterocycles. The predicted molar refractivity (Wildman–Crippen MR) is 140 cm³/mol. The van der Waals surface area contributed by atoms with Gasteiger partial charge in [0, 0.05) is 23.9 Å². The minimum Gasteiger partial charge on any atom is -0.383 e. The molecule has 3 aromatic heterocycles. The van der Waals surface area contributed by atoms with E-state index >= 15 is 4.39 Å². The predicted octanol–water partition coefficient (Wildman–Crippen LogP) is 4.25. The third kappa shape index (κ3) is 5.19. The number of amides is 1. The molecule has 39 heavy (non-hydrogen) atoms. The zero-order valence-electron chi connectivity index (χ0n) is 20.5. The van der Waals surface area contributed by atoms with Crippen molar-refractivity contribution < 1.29 is 13.6 Å². The van der Waals surface area contributed by atoms with Crippen molar-refractivity contribution in [1.82, 2.24) is 30.5 Å². The van der Waals surface area contributed by atoms with Gasteiger partial charge in [0.15, 0.2) is 5.65 Å². The molecule has 0 aliphatic carbocycles. The fourth-order valence-electron chi connectivity index (χ4n) is 4.06. The van der Waals surface area contributed by atoms with Gasteiger partial charge in [0.05, 0.1) is 28.2 Å². The summed E-state index contributed by atoms with van der Waals surface area (Å²) in [7, 11) is 0. The molecule has 0 bridgehead atoms. The van der Waals surface area contributed by atoms with Gasteiger partial charge in [-0.3, -0.25) is 9.89 Å². The lowest BCUT2D eigenvalue weighted by molar-refractivity contribution is 0.0940. The van der Waals surface area contributed by atoms with Gasteiger partial charge < -0.3 is 16.4 Å².